The maximum atomic E-state index is 12.5. The third-order valence-corrected chi connectivity index (χ3v) is 7.66. The summed E-state index contributed by atoms with van der Waals surface area (Å²) in [6, 6.07) is 18.3. The van der Waals surface area contributed by atoms with Crippen LogP contribution in [-0.4, -0.2) is 16.3 Å². The lowest BCUT2D eigenvalue weighted by atomic mass is 10.1. The largest absolute Gasteiger partial charge is 0.487 e. The molecule has 0 spiro atoms. The predicted molar refractivity (Wildman–Crippen MR) is 151 cm³/mol. The van der Waals surface area contributed by atoms with Gasteiger partial charge in [0.1, 0.15) is 12.4 Å². The number of aryl methyl sites for hydroxylation is 1. The Morgan fingerprint density at radius 1 is 1.17 bits per heavy atom. The van der Waals surface area contributed by atoms with Crippen LogP contribution in [0.4, 0.5) is 11.4 Å². The summed E-state index contributed by atoms with van der Waals surface area (Å²) in [5.41, 5.74) is 3.71. The highest BCUT2D eigenvalue weighted by Crippen LogP contribution is 2.35. The van der Waals surface area contributed by atoms with Gasteiger partial charge in [0.2, 0.25) is 0 Å². The monoisotopic (exact) mass is 665 g/mol. The van der Waals surface area contributed by atoms with Crippen molar-refractivity contribution < 1.29 is 14.5 Å². The number of hydrogen-bond donors (Lipinski definition) is 2. The van der Waals surface area contributed by atoms with Gasteiger partial charge in [-0.25, -0.2) is 0 Å². The molecule has 0 saturated carbocycles. The van der Waals surface area contributed by atoms with E-state index in [1.807, 2.05) is 30.3 Å². The molecule has 10 heteroatoms. The molecule has 0 radical (unpaired) electrons. The highest BCUT2D eigenvalue weighted by atomic mass is 127. The summed E-state index contributed by atoms with van der Waals surface area (Å²) in [4.78, 5) is 23.5. The fourth-order valence-corrected chi connectivity index (χ4v) is 6.13. The molecule has 3 aromatic carbocycles. The molecule has 35 heavy (non-hydrogen) atoms. The van der Waals surface area contributed by atoms with Crippen LogP contribution in [0.3, 0.4) is 0 Å². The topological polar surface area (TPSA) is 93.5 Å². The standard InChI is InChI=1S/C25H21BrIN3O4S/c1-2-15-3-7-18(8-4-15)28-25-29-24(31)22(35-25)13-17-11-20(26)23(21(27)12-17)34-14-16-5-9-19(10-6-16)30(32)33/h3-13,25,28H,2,14H2,1H3,(H,29,31)/b22-13-/t25-/m1/s1. The quantitative estimate of drug-likeness (QED) is 0.120. The van der Waals surface area contributed by atoms with Gasteiger partial charge < -0.3 is 15.4 Å². The normalized spacial score (nSPS) is 16.3. The highest BCUT2D eigenvalue weighted by Gasteiger charge is 2.27. The first-order valence-corrected chi connectivity index (χ1v) is 13.5. The number of nitrogens with zero attached hydrogens (tertiary/aromatic N) is 1. The third kappa shape index (κ3) is 6.56. The minimum atomic E-state index is -0.428. The van der Waals surface area contributed by atoms with Crippen molar-refractivity contribution in [1.29, 1.82) is 0 Å². The van der Waals surface area contributed by atoms with Gasteiger partial charge in [-0.15, -0.1) is 0 Å². The zero-order valence-corrected chi connectivity index (χ0v) is 23.1. The molecular formula is C25H21BrIN3O4S. The second-order valence-corrected chi connectivity index (χ2v) is 10.9. The summed E-state index contributed by atoms with van der Waals surface area (Å²) in [6.45, 7) is 2.39. The molecule has 1 aliphatic rings. The molecule has 180 valence electrons. The zero-order valence-electron chi connectivity index (χ0n) is 18.6. The van der Waals surface area contributed by atoms with Crippen LogP contribution in [0.1, 0.15) is 23.6 Å². The second-order valence-electron chi connectivity index (χ2n) is 7.70. The summed E-state index contributed by atoms with van der Waals surface area (Å²) in [7, 11) is 0. The molecule has 7 nitrogen and oxygen atoms in total. The fourth-order valence-electron chi connectivity index (χ4n) is 3.37. The van der Waals surface area contributed by atoms with Crippen molar-refractivity contribution in [2.75, 3.05) is 5.32 Å². The summed E-state index contributed by atoms with van der Waals surface area (Å²) in [5.74, 6) is 0.548. The van der Waals surface area contributed by atoms with Crippen LogP contribution >= 0.6 is 50.3 Å². The number of ether oxygens (including phenoxy) is 1. The maximum absolute atomic E-state index is 12.5. The van der Waals surface area contributed by atoms with E-state index in [-0.39, 0.29) is 23.7 Å². The molecule has 1 saturated heterocycles. The smallest absolute Gasteiger partial charge is 0.269 e. The van der Waals surface area contributed by atoms with Crippen LogP contribution in [0.15, 0.2) is 70.0 Å². The number of thioether (sulfide) groups is 1. The van der Waals surface area contributed by atoms with E-state index in [1.165, 1.54) is 29.5 Å². The Balaban J connectivity index is 1.42. The van der Waals surface area contributed by atoms with Gasteiger partial charge in [-0.2, -0.15) is 0 Å². The molecule has 0 bridgehead atoms. The number of halogens is 2. The molecule has 1 aliphatic heterocycles. The summed E-state index contributed by atoms with van der Waals surface area (Å²) in [5, 5.41) is 17.1. The minimum absolute atomic E-state index is 0.0440. The van der Waals surface area contributed by atoms with E-state index in [1.54, 1.807) is 12.1 Å². The Kier molecular flexibility index (Phi) is 8.34. The third-order valence-electron chi connectivity index (χ3n) is 5.24. The van der Waals surface area contributed by atoms with E-state index in [2.05, 4.69) is 68.2 Å². The summed E-state index contributed by atoms with van der Waals surface area (Å²) in [6.07, 6.45) is 2.84. The van der Waals surface area contributed by atoms with Crippen molar-refractivity contribution in [3.63, 3.8) is 0 Å². The lowest BCUT2D eigenvalue weighted by molar-refractivity contribution is -0.384. The number of rotatable bonds is 8. The number of benzene rings is 3. The molecule has 1 heterocycles. The van der Waals surface area contributed by atoms with E-state index in [0.717, 1.165) is 31.3 Å². The van der Waals surface area contributed by atoms with Gasteiger partial charge in [-0.05, 0) is 104 Å². The second kappa shape index (κ2) is 11.4. The molecule has 1 fully saturated rings. The van der Waals surface area contributed by atoms with Crippen LogP contribution in [0, 0.1) is 13.7 Å². The van der Waals surface area contributed by atoms with Crippen LogP contribution < -0.4 is 15.4 Å². The van der Waals surface area contributed by atoms with Crippen molar-refractivity contribution in [3.05, 3.63) is 100 Å². The van der Waals surface area contributed by atoms with Crippen LogP contribution in [0.2, 0.25) is 0 Å². The van der Waals surface area contributed by atoms with Gasteiger partial charge in [-0.3, -0.25) is 14.9 Å². The summed E-state index contributed by atoms with van der Waals surface area (Å²) >= 11 is 7.20. The van der Waals surface area contributed by atoms with E-state index in [0.29, 0.717) is 10.7 Å². The van der Waals surface area contributed by atoms with Gasteiger partial charge in [0, 0.05) is 17.8 Å². The molecule has 1 amide bonds. The van der Waals surface area contributed by atoms with E-state index in [9.17, 15) is 14.9 Å². The lowest BCUT2D eigenvalue weighted by Gasteiger charge is -2.13. The van der Waals surface area contributed by atoms with Crippen LogP contribution in [0.5, 0.6) is 5.75 Å². The number of carbonyl (C=O) groups is 1. The van der Waals surface area contributed by atoms with Gasteiger partial charge in [0.25, 0.3) is 11.6 Å². The highest BCUT2D eigenvalue weighted by molar-refractivity contribution is 14.1. The molecule has 4 rings (SSSR count). The van der Waals surface area contributed by atoms with Crippen LogP contribution in [0.25, 0.3) is 6.08 Å². The number of anilines is 1. The van der Waals surface area contributed by atoms with Gasteiger partial charge in [0.15, 0.2) is 5.50 Å². The maximum Gasteiger partial charge on any atom is 0.269 e. The van der Waals surface area contributed by atoms with E-state index < -0.39 is 4.92 Å². The number of amides is 1. The Hall–Kier alpha value is -2.57. The van der Waals surface area contributed by atoms with Gasteiger partial charge in [-0.1, -0.05) is 30.8 Å². The molecule has 2 N–H and O–H groups in total. The number of nitrogens with one attached hydrogen (secondary N) is 2. The van der Waals surface area contributed by atoms with Crippen molar-refractivity contribution in [1.82, 2.24) is 5.32 Å². The molecule has 1 atom stereocenters. The molecule has 0 unspecified atom stereocenters. The zero-order chi connectivity index (χ0) is 24.9. The first-order valence-electron chi connectivity index (χ1n) is 10.7. The fraction of sp³-hybridized carbons (Fsp3) is 0.160. The number of nitro groups is 1. The average Bonchev–Trinajstić information content (AvgIpc) is 3.17. The molecule has 3 aromatic rings. The van der Waals surface area contributed by atoms with Crippen molar-refractivity contribution >= 4 is 73.6 Å². The average molecular weight is 666 g/mol. The Morgan fingerprint density at radius 2 is 1.86 bits per heavy atom. The molecular weight excluding hydrogens is 645 g/mol. The number of carbonyl (C=O) groups excluding carboxylic acids is 1. The lowest BCUT2D eigenvalue weighted by Crippen LogP contribution is -2.30. The first-order chi connectivity index (χ1) is 16.8. The van der Waals surface area contributed by atoms with Crippen molar-refractivity contribution in [2.24, 2.45) is 0 Å². The first kappa shape index (κ1) is 25.5. The molecule has 0 aliphatic carbocycles. The Bertz CT molecular complexity index is 1260. The molecule has 0 aromatic heterocycles. The summed E-state index contributed by atoms with van der Waals surface area (Å²) < 4.78 is 7.59. The van der Waals surface area contributed by atoms with Gasteiger partial charge >= 0.3 is 0 Å². The number of non-ortho nitro benzene ring substituents is 1. The SMILES string of the molecule is CCc1ccc(N[C@@H]2NC(=O)/C(=C/c3cc(Br)c(OCc4ccc([N+](=O)[O-])cc4)c(I)c3)S2)cc1. The minimum Gasteiger partial charge on any atom is -0.487 e. The Labute approximate surface area is 229 Å². The van der Waals surface area contributed by atoms with Crippen molar-refractivity contribution in [2.45, 2.75) is 25.4 Å². The Morgan fingerprint density at radius 3 is 2.49 bits per heavy atom. The van der Waals surface area contributed by atoms with E-state index >= 15 is 0 Å². The van der Waals surface area contributed by atoms with E-state index in [4.69, 9.17) is 4.74 Å². The number of nitro benzene ring substituents is 1. The predicted octanol–water partition coefficient (Wildman–Crippen LogP) is 6.70. The van der Waals surface area contributed by atoms with Gasteiger partial charge in [0.05, 0.1) is 17.9 Å². The van der Waals surface area contributed by atoms with Crippen LogP contribution in [-0.2, 0) is 17.8 Å². The number of hydrogen-bond acceptors (Lipinski definition) is 6. The van der Waals surface area contributed by atoms with Crippen molar-refractivity contribution in [3.8, 4) is 5.75 Å².